The van der Waals surface area contributed by atoms with Crippen LogP contribution in [0.1, 0.15) is 48.0 Å². The van der Waals surface area contributed by atoms with Gasteiger partial charge in [-0.3, -0.25) is 24.7 Å². The van der Waals surface area contributed by atoms with Gasteiger partial charge in [-0.1, -0.05) is 12.1 Å². The lowest BCUT2D eigenvalue weighted by molar-refractivity contribution is -0.141. The average Bonchev–Trinajstić information content (AvgIpc) is 3.47. The van der Waals surface area contributed by atoms with Crippen LogP contribution < -0.4 is 10.1 Å². The molecule has 2 N–H and O–H groups in total. The number of amides is 2. The van der Waals surface area contributed by atoms with Gasteiger partial charge in [0.15, 0.2) is 0 Å². The van der Waals surface area contributed by atoms with Gasteiger partial charge in [0.25, 0.3) is 0 Å². The van der Waals surface area contributed by atoms with E-state index in [4.69, 9.17) is 10.00 Å². The first-order valence-electron chi connectivity index (χ1n) is 12.4. The summed E-state index contributed by atoms with van der Waals surface area (Å²) in [5.41, 5.74) is 3.62. The topological polar surface area (TPSA) is 132 Å². The first-order valence-corrected chi connectivity index (χ1v) is 12.4. The van der Waals surface area contributed by atoms with E-state index in [1.807, 2.05) is 36.4 Å². The third-order valence-electron chi connectivity index (χ3n) is 7.35. The van der Waals surface area contributed by atoms with Gasteiger partial charge in [-0.2, -0.15) is 5.26 Å². The highest BCUT2D eigenvalue weighted by molar-refractivity contribution is 6.00. The number of nitrogens with one attached hydrogen (secondary N) is 1. The molecule has 4 heterocycles. The summed E-state index contributed by atoms with van der Waals surface area (Å²) in [6.07, 6.45) is 2.45. The van der Waals surface area contributed by atoms with Gasteiger partial charge in [0, 0.05) is 49.7 Å². The standard InChI is InChI=1S/C27H26N6O4/c28-11-24-29-12-17-9-16(1-4-22(17)30-24)13-32-8-7-20(15-32)37-19-2-3-21-18(10-19)14-33(27(21)36)23-5-6-25(34)31-26(23)35/h1-4,9-10,12,20,23,27,36H,5-8,13-15H2,(H,31,34,35)/t20-,23?,27?/m0/s1. The summed E-state index contributed by atoms with van der Waals surface area (Å²) in [7, 11) is 0. The molecule has 2 aromatic carbocycles. The number of nitrogens with zero attached hydrogens (tertiary/aromatic N) is 5. The normalized spacial score (nSPS) is 24.2. The number of fused-ring (bicyclic) bond motifs is 2. The lowest BCUT2D eigenvalue weighted by Crippen LogP contribution is -2.51. The Balaban J connectivity index is 1.07. The largest absolute Gasteiger partial charge is 0.489 e. The van der Waals surface area contributed by atoms with Crippen LogP contribution in [0.4, 0.5) is 0 Å². The van der Waals surface area contributed by atoms with Gasteiger partial charge in [-0.25, -0.2) is 9.97 Å². The molecule has 0 saturated carbocycles. The number of benzene rings is 2. The monoisotopic (exact) mass is 498 g/mol. The zero-order chi connectivity index (χ0) is 25.5. The Morgan fingerprint density at radius 3 is 2.92 bits per heavy atom. The molecule has 2 amide bonds. The second kappa shape index (κ2) is 9.52. The quantitative estimate of drug-likeness (QED) is 0.505. The fourth-order valence-electron chi connectivity index (χ4n) is 5.51. The second-order valence-electron chi connectivity index (χ2n) is 9.84. The molecule has 188 valence electrons. The van der Waals surface area contributed by atoms with Crippen molar-refractivity contribution >= 4 is 22.7 Å². The summed E-state index contributed by atoms with van der Waals surface area (Å²) in [4.78, 5) is 36.2. The van der Waals surface area contributed by atoms with Crippen LogP contribution in [0.5, 0.6) is 5.75 Å². The van der Waals surface area contributed by atoms with Crippen LogP contribution in [-0.4, -0.2) is 61.9 Å². The summed E-state index contributed by atoms with van der Waals surface area (Å²) >= 11 is 0. The molecule has 3 aliphatic heterocycles. The van der Waals surface area contributed by atoms with Gasteiger partial charge in [0.05, 0.1) is 11.6 Å². The highest BCUT2D eigenvalue weighted by Crippen LogP contribution is 2.37. The van der Waals surface area contributed by atoms with E-state index >= 15 is 0 Å². The molecule has 0 bridgehead atoms. The number of carbonyl (C=O) groups excluding carboxylic acids is 2. The predicted octanol–water partition coefficient (Wildman–Crippen LogP) is 1.77. The molecule has 3 aromatic rings. The number of piperidine rings is 1. The van der Waals surface area contributed by atoms with Crippen molar-refractivity contribution in [3.05, 3.63) is 65.1 Å². The van der Waals surface area contributed by atoms with Crippen molar-refractivity contribution in [2.24, 2.45) is 0 Å². The number of rotatable bonds is 5. The summed E-state index contributed by atoms with van der Waals surface area (Å²) < 4.78 is 6.30. The molecular weight excluding hydrogens is 472 g/mol. The van der Waals surface area contributed by atoms with Gasteiger partial charge in [0.1, 0.15) is 24.2 Å². The fourth-order valence-corrected chi connectivity index (χ4v) is 5.51. The zero-order valence-electron chi connectivity index (χ0n) is 20.1. The number of ether oxygens (including phenoxy) is 1. The average molecular weight is 499 g/mol. The first kappa shape index (κ1) is 23.5. The molecule has 2 saturated heterocycles. The van der Waals surface area contributed by atoms with E-state index in [1.165, 1.54) is 0 Å². The van der Waals surface area contributed by atoms with Crippen LogP contribution in [-0.2, 0) is 22.7 Å². The Morgan fingerprint density at radius 1 is 1.19 bits per heavy atom. The minimum Gasteiger partial charge on any atom is -0.489 e. The lowest BCUT2D eigenvalue weighted by Gasteiger charge is -2.31. The van der Waals surface area contributed by atoms with Crippen molar-refractivity contribution in [1.82, 2.24) is 25.1 Å². The Labute approximate surface area is 213 Å². The Hall–Kier alpha value is -3.91. The van der Waals surface area contributed by atoms with E-state index in [-0.39, 0.29) is 30.2 Å². The van der Waals surface area contributed by atoms with E-state index < -0.39 is 12.3 Å². The van der Waals surface area contributed by atoms with E-state index in [9.17, 15) is 14.7 Å². The molecule has 0 aliphatic carbocycles. The number of aliphatic hydroxyl groups excluding tert-OH is 1. The number of aliphatic hydroxyl groups is 1. The highest BCUT2D eigenvalue weighted by atomic mass is 16.5. The number of aromatic nitrogens is 2. The number of hydrogen-bond donors (Lipinski definition) is 2. The number of likely N-dealkylation sites (tertiary alicyclic amines) is 1. The molecule has 0 spiro atoms. The summed E-state index contributed by atoms with van der Waals surface area (Å²) in [5.74, 6) is 0.303. The van der Waals surface area contributed by atoms with E-state index in [2.05, 4.69) is 26.3 Å². The third-order valence-corrected chi connectivity index (χ3v) is 7.35. The maximum absolute atomic E-state index is 12.3. The molecule has 10 heteroatoms. The fraction of sp³-hybridized carbons (Fsp3) is 0.370. The van der Waals surface area contributed by atoms with Crippen LogP contribution >= 0.6 is 0 Å². The third kappa shape index (κ3) is 4.64. The van der Waals surface area contributed by atoms with Crippen LogP contribution in [0.3, 0.4) is 0 Å². The number of imide groups is 1. The minimum absolute atomic E-state index is 0.0533. The maximum Gasteiger partial charge on any atom is 0.244 e. The van der Waals surface area contributed by atoms with Crippen molar-refractivity contribution in [1.29, 1.82) is 5.26 Å². The molecule has 6 rings (SSSR count). The SMILES string of the molecule is N#Cc1ncc2cc(CN3CC[C@H](Oc4ccc5c(c4)CN(C4CCC(=O)NC4=O)C5O)C3)ccc2n1. The number of carbonyl (C=O) groups is 2. The van der Waals surface area contributed by atoms with Crippen molar-refractivity contribution < 1.29 is 19.4 Å². The van der Waals surface area contributed by atoms with Crippen LogP contribution in [0.25, 0.3) is 10.9 Å². The van der Waals surface area contributed by atoms with Crippen molar-refractivity contribution in [2.75, 3.05) is 13.1 Å². The first-order chi connectivity index (χ1) is 18.0. The Kier molecular flexibility index (Phi) is 6.04. The zero-order valence-corrected chi connectivity index (χ0v) is 20.1. The van der Waals surface area contributed by atoms with Gasteiger partial charge in [-0.05, 0) is 48.2 Å². The lowest BCUT2D eigenvalue weighted by atomic mass is 10.0. The van der Waals surface area contributed by atoms with Crippen molar-refractivity contribution in [3.63, 3.8) is 0 Å². The van der Waals surface area contributed by atoms with Crippen LogP contribution in [0, 0.1) is 11.3 Å². The summed E-state index contributed by atoms with van der Waals surface area (Å²) in [5, 5.41) is 23.1. The van der Waals surface area contributed by atoms with E-state index in [0.29, 0.717) is 13.0 Å². The van der Waals surface area contributed by atoms with E-state index in [0.717, 1.165) is 59.4 Å². The molecule has 3 aliphatic rings. The summed E-state index contributed by atoms with van der Waals surface area (Å²) in [6.45, 7) is 2.93. The molecule has 10 nitrogen and oxygen atoms in total. The smallest absolute Gasteiger partial charge is 0.244 e. The highest BCUT2D eigenvalue weighted by Gasteiger charge is 2.40. The molecular formula is C27H26N6O4. The molecule has 1 aromatic heterocycles. The van der Waals surface area contributed by atoms with E-state index in [1.54, 1.807) is 11.1 Å². The Morgan fingerprint density at radius 2 is 2.08 bits per heavy atom. The van der Waals surface area contributed by atoms with Crippen molar-refractivity contribution in [3.8, 4) is 11.8 Å². The Bertz CT molecular complexity index is 1440. The maximum atomic E-state index is 12.3. The second-order valence-corrected chi connectivity index (χ2v) is 9.84. The minimum atomic E-state index is -0.881. The van der Waals surface area contributed by atoms with Gasteiger partial charge >= 0.3 is 0 Å². The van der Waals surface area contributed by atoms with Gasteiger partial charge < -0.3 is 9.84 Å². The van der Waals surface area contributed by atoms with Crippen LogP contribution in [0.15, 0.2) is 42.6 Å². The molecule has 37 heavy (non-hydrogen) atoms. The number of nitriles is 1. The molecule has 3 atom stereocenters. The van der Waals surface area contributed by atoms with Crippen molar-refractivity contribution in [2.45, 2.75) is 50.7 Å². The number of hydrogen-bond acceptors (Lipinski definition) is 9. The summed E-state index contributed by atoms with van der Waals surface area (Å²) in [6, 6.07) is 13.1. The predicted molar refractivity (Wildman–Crippen MR) is 132 cm³/mol. The molecule has 0 radical (unpaired) electrons. The molecule has 2 unspecified atom stereocenters. The van der Waals surface area contributed by atoms with Gasteiger partial charge in [-0.15, -0.1) is 0 Å². The van der Waals surface area contributed by atoms with Gasteiger partial charge in [0.2, 0.25) is 17.6 Å². The van der Waals surface area contributed by atoms with Crippen LogP contribution in [0.2, 0.25) is 0 Å². The molecule has 2 fully saturated rings.